The molecule has 0 saturated carbocycles. The van der Waals surface area contributed by atoms with Gasteiger partial charge in [0.1, 0.15) is 0 Å². The summed E-state index contributed by atoms with van der Waals surface area (Å²) in [6, 6.07) is 0.408. The Bertz CT molecular complexity index is 331. The quantitative estimate of drug-likeness (QED) is 0.428. The minimum absolute atomic E-state index is 0.165. The van der Waals surface area contributed by atoms with Gasteiger partial charge >= 0.3 is 0 Å². The van der Waals surface area contributed by atoms with E-state index in [1.165, 1.54) is 0 Å². The number of hydrogen-bond acceptors (Lipinski definition) is 4. The summed E-state index contributed by atoms with van der Waals surface area (Å²) in [7, 11) is 4.04. The second-order valence-corrected chi connectivity index (χ2v) is 4.82. The summed E-state index contributed by atoms with van der Waals surface area (Å²) >= 11 is 0. The van der Waals surface area contributed by atoms with Crippen LogP contribution in [-0.2, 0) is 0 Å². The highest BCUT2D eigenvalue weighted by Gasteiger charge is 2.20. The number of piperidine rings is 1. The molecule has 1 aliphatic rings. The normalized spacial score (nSPS) is 19.4. The summed E-state index contributed by atoms with van der Waals surface area (Å²) < 4.78 is 0. The average molecular weight is 253 g/mol. The van der Waals surface area contributed by atoms with Gasteiger partial charge in [-0.3, -0.25) is 10.1 Å². The lowest BCUT2D eigenvalue weighted by Gasteiger charge is -2.34. The fourth-order valence-electron chi connectivity index (χ4n) is 2.11. The van der Waals surface area contributed by atoms with Gasteiger partial charge in [0.15, 0.2) is 0 Å². The number of likely N-dealkylation sites (tertiary alicyclic amines) is 1. The largest absolute Gasteiger partial charge is 0.372 e. The molecule has 1 heterocycles. The summed E-state index contributed by atoms with van der Waals surface area (Å²) in [6.45, 7) is 4.08. The van der Waals surface area contributed by atoms with E-state index in [0.717, 1.165) is 32.4 Å². The molecule has 0 aromatic heterocycles. The Kier molecular flexibility index (Phi) is 5.85. The highest BCUT2D eigenvalue weighted by Crippen LogP contribution is 2.15. The van der Waals surface area contributed by atoms with Crippen molar-refractivity contribution in [3.63, 3.8) is 0 Å². The molecule has 0 bridgehead atoms. The minimum Gasteiger partial charge on any atom is -0.372 e. The maximum Gasteiger partial charge on any atom is 0.284 e. The van der Waals surface area contributed by atoms with Crippen molar-refractivity contribution in [2.75, 3.05) is 27.2 Å². The monoisotopic (exact) mass is 253 g/mol. The van der Waals surface area contributed by atoms with Crippen LogP contribution in [0.2, 0.25) is 0 Å². The SMILES string of the molecule is CC/C=C/C(=C\N(C)C1CCN(C)CC1)[N+](=O)[O-]. The molecule has 0 atom stereocenters. The second-order valence-electron chi connectivity index (χ2n) is 4.82. The number of nitrogens with zero attached hydrogens (tertiary/aromatic N) is 3. The zero-order chi connectivity index (χ0) is 13.5. The van der Waals surface area contributed by atoms with Crippen LogP contribution in [0.25, 0.3) is 0 Å². The molecule has 1 saturated heterocycles. The van der Waals surface area contributed by atoms with Gasteiger partial charge in [0, 0.05) is 19.2 Å². The van der Waals surface area contributed by atoms with Gasteiger partial charge in [-0.2, -0.15) is 0 Å². The zero-order valence-corrected chi connectivity index (χ0v) is 11.5. The summed E-state index contributed by atoms with van der Waals surface area (Å²) in [5.74, 6) is 0. The molecule has 5 heteroatoms. The summed E-state index contributed by atoms with van der Waals surface area (Å²) in [5.41, 5.74) is 0.165. The van der Waals surface area contributed by atoms with Gasteiger partial charge in [0.2, 0.25) is 0 Å². The predicted octanol–water partition coefficient (Wildman–Crippen LogP) is 2.10. The van der Waals surface area contributed by atoms with E-state index in [1.807, 2.05) is 24.9 Å². The van der Waals surface area contributed by atoms with E-state index in [9.17, 15) is 10.1 Å². The van der Waals surface area contributed by atoms with Crippen molar-refractivity contribution >= 4 is 0 Å². The number of hydrogen-bond donors (Lipinski definition) is 0. The maximum atomic E-state index is 10.9. The Hall–Kier alpha value is -1.36. The van der Waals surface area contributed by atoms with Gasteiger partial charge in [-0.1, -0.05) is 13.0 Å². The van der Waals surface area contributed by atoms with Crippen molar-refractivity contribution in [3.8, 4) is 0 Å². The second kappa shape index (κ2) is 7.16. The summed E-state index contributed by atoms with van der Waals surface area (Å²) in [6.07, 6.45) is 7.99. The van der Waals surface area contributed by atoms with Gasteiger partial charge < -0.3 is 9.80 Å². The van der Waals surface area contributed by atoms with Crippen LogP contribution in [0, 0.1) is 10.1 Å². The molecule has 102 valence electrons. The van der Waals surface area contributed by atoms with E-state index in [-0.39, 0.29) is 10.6 Å². The molecule has 0 amide bonds. The lowest BCUT2D eigenvalue weighted by Crippen LogP contribution is -2.40. The molecule has 5 nitrogen and oxygen atoms in total. The first-order chi connectivity index (χ1) is 8.54. The number of rotatable bonds is 5. The molecule has 1 rings (SSSR count). The topological polar surface area (TPSA) is 49.6 Å². The average Bonchev–Trinajstić information content (AvgIpc) is 2.34. The molecule has 0 aliphatic carbocycles. The van der Waals surface area contributed by atoms with E-state index >= 15 is 0 Å². The van der Waals surface area contributed by atoms with Crippen molar-refractivity contribution in [1.29, 1.82) is 0 Å². The Morgan fingerprint density at radius 3 is 2.61 bits per heavy atom. The highest BCUT2D eigenvalue weighted by atomic mass is 16.6. The highest BCUT2D eigenvalue weighted by molar-refractivity contribution is 5.10. The fourth-order valence-corrected chi connectivity index (χ4v) is 2.11. The first-order valence-electron chi connectivity index (χ1n) is 6.47. The van der Waals surface area contributed by atoms with Gasteiger partial charge in [-0.15, -0.1) is 0 Å². The smallest absolute Gasteiger partial charge is 0.284 e. The van der Waals surface area contributed by atoms with E-state index in [0.29, 0.717) is 6.04 Å². The van der Waals surface area contributed by atoms with Crippen LogP contribution in [0.5, 0.6) is 0 Å². The van der Waals surface area contributed by atoms with E-state index < -0.39 is 0 Å². The van der Waals surface area contributed by atoms with E-state index in [2.05, 4.69) is 11.9 Å². The van der Waals surface area contributed by atoms with Crippen LogP contribution in [-0.4, -0.2) is 47.9 Å². The number of nitro groups is 1. The van der Waals surface area contributed by atoms with Crippen molar-refractivity contribution < 1.29 is 4.92 Å². The Morgan fingerprint density at radius 2 is 2.11 bits per heavy atom. The van der Waals surface area contributed by atoms with Crippen molar-refractivity contribution in [1.82, 2.24) is 9.80 Å². The summed E-state index contributed by atoms with van der Waals surface area (Å²) in [4.78, 5) is 14.9. The van der Waals surface area contributed by atoms with Crippen LogP contribution in [0.15, 0.2) is 24.0 Å². The molecule has 0 unspecified atom stereocenters. The summed E-state index contributed by atoms with van der Waals surface area (Å²) in [5, 5.41) is 10.9. The van der Waals surface area contributed by atoms with Crippen molar-refractivity contribution in [3.05, 3.63) is 34.2 Å². The van der Waals surface area contributed by atoms with Crippen molar-refractivity contribution in [2.24, 2.45) is 0 Å². The van der Waals surface area contributed by atoms with E-state index in [1.54, 1.807) is 12.3 Å². The Balaban J connectivity index is 2.66. The van der Waals surface area contributed by atoms with Crippen LogP contribution >= 0.6 is 0 Å². The van der Waals surface area contributed by atoms with Crippen LogP contribution in [0.1, 0.15) is 26.2 Å². The molecule has 0 radical (unpaired) electrons. The molecule has 18 heavy (non-hydrogen) atoms. The van der Waals surface area contributed by atoms with Crippen LogP contribution < -0.4 is 0 Å². The molecule has 0 aromatic carbocycles. The molecule has 1 aliphatic heterocycles. The molecular formula is C13H23N3O2. The molecule has 0 spiro atoms. The Labute approximate surface area is 109 Å². The Morgan fingerprint density at radius 1 is 1.50 bits per heavy atom. The lowest BCUT2D eigenvalue weighted by atomic mass is 10.0. The van der Waals surface area contributed by atoms with Gasteiger partial charge in [0.25, 0.3) is 5.70 Å². The molecule has 0 aromatic rings. The van der Waals surface area contributed by atoms with Crippen molar-refractivity contribution in [2.45, 2.75) is 32.2 Å². The molecular weight excluding hydrogens is 230 g/mol. The maximum absolute atomic E-state index is 10.9. The lowest BCUT2D eigenvalue weighted by molar-refractivity contribution is -0.420. The van der Waals surface area contributed by atoms with Crippen LogP contribution in [0.3, 0.4) is 0 Å². The molecule has 0 N–H and O–H groups in total. The zero-order valence-electron chi connectivity index (χ0n) is 11.5. The standard InChI is InChI=1S/C13H23N3O2/c1-4-5-6-13(16(17)18)11-15(3)12-7-9-14(2)10-8-12/h5-6,11-12H,4,7-10H2,1-3H3/b6-5+,13-11+. The van der Waals surface area contributed by atoms with Gasteiger partial charge in [-0.05, 0) is 39.4 Å². The van der Waals surface area contributed by atoms with Gasteiger partial charge in [-0.25, -0.2) is 0 Å². The minimum atomic E-state index is -0.322. The van der Waals surface area contributed by atoms with Gasteiger partial charge in [0.05, 0.1) is 11.1 Å². The first kappa shape index (κ1) is 14.7. The van der Waals surface area contributed by atoms with E-state index in [4.69, 9.17) is 0 Å². The third-order valence-electron chi connectivity index (χ3n) is 3.34. The molecule has 1 fully saturated rings. The van der Waals surface area contributed by atoms with Crippen LogP contribution in [0.4, 0.5) is 0 Å². The fraction of sp³-hybridized carbons (Fsp3) is 0.692. The third-order valence-corrected chi connectivity index (χ3v) is 3.34. The first-order valence-corrected chi connectivity index (χ1v) is 6.47. The number of allylic oxidation sites excluding steroid dienone is 2. The predicted molar refractivity (Wildman–Crippen MR) is 72.8 cm³/mol. The third kappa shape index (κ3) is 4.49.